The van der Waals surface area contributed by atoms with Gasteiger partial charge in [0, 0.05) is 25.9 Å². The number of sulfonamides is 2. The molecule has 21 heavy (non-hydrogen) atoms. The summed E-state index contributed by atoms with van der Waals surface area (Å²) in [7, 11) is -8.23. The van der Waals surface area contributed by atoms with E-state index in [0.717, 1.165) is 13.8 Å². The maximum atomic E-state index is 12.1. The van der Waals surface area contributed by atoms with Gasteiger partial charge in [-0.25, -0.2) is 26.3 Å². The zero-order valence-corrected chi connectivity index (χ0v) is 13.7. The smallest absolute Gasteiger partial charge is 0.214 e. The van der Waals surface area contributed by atoms with E-state index in [1.807, 2.05) is 12.1 Å². The van der Waals surface area contributed by atoms with Crippen molar-refractivity contribution in [1.29, 1.82) is 10.5 Å². The van der Waals surface area contributed by atoms with Crippen LogP contribution in [0.4, 0.5) is 0 Å². The summed E-state index contributed by atoms with van der Waals surface area (Å²) in [6.07, 6.45) is 0.979. The van der Waals surface area contributed by atoms with E-state index >= 15 is 0 Å². The summed E-state index contributed by atoms with van der Waals surface area (Å²) in [5.41, 5.74) is 0. The molecule has 0 aromatic heterocycles. The Morgan fingerprint density at radius 1 is 0.857 bits per heavy atom. The third kappa shape index (κ3) is 5.59. The molecule has 2 N–H and O–H groups in total. The highest BCUT2D eigenvalue weighted by molar-refractivity contribution is 8.08. The SMILES string of the molecule is CC(C)(S(=O)(=O)NCCCC#N)S(=O)(=O)NCCCC#N. The predicted molar refractivity (Wildman–Crippen MR) is 77.6 cm³/mol. The van der Waals surface area contributed by atoms with Crippen LogP contribution in [0.25, 0.3) is 0 Å². The first-order chi connectivity index (χ1) is 9.62. The van der Waals surface area contributed by atoms with Gasteiger partial charge >= 0.3 is 0 Å². The van der Waals surface area contributed by atoms with Crippen molar-refractivity contribution in [3.05, 3.63) is 0 Å². The molecule has 0 fully saturated rings. The molecule has 0 atom stereocenters. The van der Waals surface area contributed by atoms with Crippen LogP contribution in [0.5, 0.6) is 0 Å². The minimum atomic E-state index is -4.12. The molecule has 0 amide bonds. The molecular formula is C11H20N4O4S2. The third-order valence-corrected chi connectivity index (χ3v) is 7.88. The second-order valence-corrected chi connectivity index (χ2v) is 9.61. The molecule has 0 heterocycles. The van der Waals surface area contributed by atoms with Gasteiger partial charge in [-0.1, -0.05) is 0 Å². The normalized spacial score (nSPS) is 12.6. The molecule has 0 aliphatic rings. The van der Waals surface area contributed by atoms with Gasteiger partial charge in [0.1, 0.15) is 0 Å². The summed E-state index contributed by atoms with van der Waals surface area (Å²) in [6.45, 7) is 2.19. The van der Waals surface area contributed by atoms with E-state index in [2.05, 4.69) is 9.44 Å². The highest BCUT2D eigenvalue weighted by Crippen LogP contribution is 2.21. The fourth-order valence-electron chi connectivity index (χ4n) is 1.24. The highest BCUT2D eigenvalue weighted by atomic mass is 32.3. The summed E-state index contributed by atoms with van der Waals surface area (Å²) in [6, 6.07) is 3.74. The van der Waals surface area contributed by atoms with Crippen LogP contribution in [-0.4, -0.2) is 34.0 Å². The number of unbranched alkanes of at least 4 members (excludes halogenated alkanes) is 2. The van der Waals surface area contributed by atoms with Gasteiger partial charge < -0.3 is 0 Å². The van der Waals surface area contributed by atoms with Gasteiger partial charge in [0.25, 0.3) is 0 Å². The Kier molecular flexibility index (Phi) is 7.82. The first kappa shape index (κ1) is 19.8. The standard InChI is InChI=1S/C11H20N4O4S2/c1-11(2,20(16,17)14-9-5-3-7-12)21(18,19)15-10-6-4-8-13/h14-15H,3-6,9-10H2,1-2H3. The monoisotopic (exact) mass is 336 g/mol. The Morgan fingerprint density at radius 2 is 1.19 bits per heavy atom. The minimum Gasteiger partial charge on any atom is -0.214 e. The van der Waals surface area contributed by atoms with Gasteiger partial charge in [-0.15, -0.1) is 0 Å². The second-order valence-electron chi connectivity index (χ2n) is 4.72. The molecule has 0 aliphatic carbocycles. The van der Waals surface area contributed by atoms with E-state index in [9.17, 15) is 16.8 Å². The molecule has 0 bridgehead atoms. The van der Waals surface area contributed by atoms with Gasteiger partial charge in [-0.05, 0) is 26.7 Å². The highest BCUT2D eigenvalue weighted by Gasteiger charge is 2.46. The van der Waals surface area contributed by atoms with Gasteiger partial charge in [-0.2, -0.15) is 10.5 Å². The van der Waals surface area contributed by atoms with Gasteiger partial charge in [0.05, 0.1) is 12.1 Å². The molecule has 10 heteroatoms. The molecule has 120 valence electrons. The van der Waals surface area contributed by atoms with E-state index in [4.69, 9.17) is 10.5 Å². The summed E-state index contributed by atoms with van der Waals surface area (Å²) in [4.78, 5) is 0. The van der Waals surface area contributed by atoms with Crippen LogP contribution in [0.15, 0.2) is 0 Å². The molecule has 0 aromatic carbocycles. The first-order valence-corrected chi connectivity index (χ1v) is 9.31. The lowest BCUT2D eigenvalue weighted by Gasteiger charge is -2.25. The molecule has 0 saturated carbocycles. The molecule has 0 rings (SSSR count). The lowest BCUT2D eigenvalue weighted by Crippen LogP contribution is -2.52. The Labute approximate surface area is 126 Å². The zero-order chi connectivity index (χ0) is 16.6. The van der Waals surface area contributed by atoms with Crippen molar-refractivity contribution in [2.24, 2.45) is 0 Å². The lowest BCUT2D eigenvalue weighted by molar-refractivity contribution is 0.536. The predicted octanol–water partition coefficient (Wildman–Crippen LogP) is 0.169. The molecule has 8 nitrogen and oxygen atoms in total. The quantitative estimate of drug-likeness (QED) is 0.545. The largest absolute Gasteiger partial charge is 0.232 e. The number of nitrogens with one attached hydrogen (secondary N) is 2. The fraction of sp³-hybridized carbons (Fsp3) is 0.818. The second kappa shape index (κ2) is 8.29. The zero-order valence-electron chi connectivity index (χ0n) is 12.1. The molecule has 0 aromatic rings. The van der Waals surface area contributed by atoms with E-state index in [1.165, 1.54) is 0 Å². The van der Waals surface area contributed by atoms with Crippen molar-refractivity contribution >= 4 is 20.0 Å². The molecule has 0 aliphatic heterocycles. The maximum Gasteiger partial charge on any atom is 0.232 e. The Hall–Kier alpha value is -1.20. The number of rotatable bonds is 10. The van der Waals surface area contributed by atoms with E-state index in [-0.39, 0.29) is 25.9 Å². The van der Waals surface area contributed by atoms with Crippen LogP contribution >= 0.6 is 0 Å². The molecule has 0 unspecified atom stereocenters. The number of hydrogen-bond acceptors (Lipinski definition) is 6. The molecule has 0 saturated heterocycles. The average molecular weight is 336 g/mol. The fourth-order valence-corrected chi connectivity index (χ4v) is 4.27. The van der Waals surface area contributed by atoms with Crippen LogP contribution in [0.2, 0.25) is 0 Å². The lowest BCUT2D eigenvalue weighted by atomic mass is 10.3. The van der Waals surface area contributed by atoms with Crippen molar-refractivity contribution in [2.75, 3.05) is 13.1 Å². The van der Waals surface area contributed by atoms with Crippen LogP contribution in [0.1, 0.15) is 39.5 Å². The Balaban J connectivity index is 4.83. The summed E-state index contributed by atoms with van der Waals surface area (Å²) in [5.74, 6) is 0. The van der Waals surface area contributed by atoms with Crippen LogP contribution in [-0.2, 0) is 20.0 Å². The van der Waals surface area contributed by atoms with Crippen molar-refractivity contribution in [3.63, 3.8) is 0 Å². The van der Waals surface area contributed by atoms with Crippen molar-refractivity contribution in [3.8, 4) is 12.1 Å². The topological polar surface area (TPSA) is 140 Å². The third-order valence-electron chi connectivity index (χ3n) is 2.81. The molecule has 0 radical (unpaired) electrons. The van der Waals surface area contributed by atoms with Crippen LogP contribution in [0, 0.1) is 22.7 Å². The van der Waals surface area contributed by atoms with Gasteiger partial charge in [-0.3, -0.25) is 0 Å². The molecule has 0 spiro atoms. The van der Waals surface area contributed by atoms with Gasteiger partial charge in [0.15, 0.2) is 4.08 Å². The Morgan fingerprint density at radius 3 is 1.48 bits per heavy atom. The van der Waals surface area contributed by atoms with Crippen molar-refractivity contribution in [1.82, 2.24) is 9.44 Å². The number of hydrogen-bond donors (Lipinski definition) is 2. The summed E-state index contributed by atoms with van der Waals surface area (Å²) >= 11 is 0. The van der Waals surface area contributed by atoms with Crippen LogP contribution in [0.3, 0.4) is 0 Å². The molecular weight excluding hydrogens is 316 g/mol. The average Bonchev–Trinajstić information content (AvgIpc) is 2.39. The maximum absolute atomic E-state index is 12.1. The van der Waals surface area contributed by atoms with Crippen LogP contribution < -0.4 is 9.44 Å². The summed E-state index contributed by atoms with van der Waals surface area (Å²) in [5, 5.41) is 16.7. The summed E-state index contributed by atoms with van der Waals surface area (Å²) < 4.78 is 50.7. The number of nitriles is 2. The number of nitrogens with zero attached hydrogens (tertiary/aromatic N) is 2. The minimum absolute atomic E-state index is 0.00325. The van der Waals surface area contributed by atoms with E-state index < -0.39 is 24.1 Å². The Bertz CT molecular complexity index is 558. The van der Waals surface area contributed by atoms with E-state index in [1.54, 1.807) is 0 Å². The van der Waals surface area contributed by atoms with Gasteiger partial charge in [0.2, 0.25) is 20.0 Å². The van der Waals surface area contributed by atoms with Crippen molar-refractivity contribution < 1.29 is 16.8 Å². The van der Waals surface area contributed by atoms with E-state index in [0.29, 0.717) is 12.8 Å². The van der Waals surface area contributed by atoms with Crippen molar-refractivity contribution in [2.45, 2.75) is 43.6 Å². The first-order valence-electron chi connectivity index (χ1n) is 6.34.